The van der Waals surface area contributed by atoms with Crippen LogP contribution in [0.2, 0.25) is 5.02 Å². The number of furan rings is 1. The molecule has 0 aliphatic rings. The van der Waals surface area contributed by atoms with Crippen molar-refractivity contribution < 1.29 is 9.52 Å². The van der Waals surface area contributed by atoms with E-state index in [0.29, 0.717) is 0 Å². The summed E-state index contributed by atoms with van der Waals surface area (Å²) in [5, 5.41) is 13.6. The number of hydrogen-bond acceptors (Lipinski definition) is 3. The van der Waals surface area contributed by atoms with Crippen molar-refractivity contribution >= 4 is 11.6 Å². The molecule has 2 rings (SSSR count). The monoisotopic (exact) mass is 279 g/mol. The summed E-state index contributed by atoms with van der Waals surface area (Å²) in [6.07, 6.45) is 2.53. The molecular weight excluding hydrogens is 262 g/mol. The summed E-state index contributed by atoms with van der Waals surface area (Å²) in [5.41, 5.74) is 1.15. The Morgan fingerprint density at radius 1 is 1.21 bits per heavy atom. The van der Waals surface area contributed by atoms with Crippen molar-refractivity contribution in [2.75, 3.05) is 6.61 Å². The fourth-order valence-electron chi connectivity index (χ4n) is 2.10. The summed E-state index contributed by atoms with van der Waals surface area (Å²) >= 11 is 5.90. The predicted molar refractivity (Wildman–Crippen MR) is 76.2 cm³/mol. The van der Waals surface area contributed by atoms with E-state index in [1.54, 1.807) is 6.26 Å². The average Bonchev–Trinajstić information content (AvgIpc) is 2.95. The van der Waals surface area contributed by atoms with Crippen molar-refractivity contribution in [2.45, 2.75) is 25.4 Å². The lowest BCUT2D eigenvalue weighted by molar-refractivity contribution is 0.213. The Bertz CT molecular complexity index is 481. The number of aliphatic hydroxyl groups is 1. The zero-order valence-electron chi connectivity index (χ0n) is 10.8. The normalized spacial score (nSPS) is 14.3. The van der Waals surface area contributed by atoms with Gasteiger partial charge in [-0.1, -0.05) is 30.7 Å². The molecule has 1 heterocycles. The molecule has 0 aliphatic carbocycles. The van der Waals surface area contributed by atoms with Gasteiger partial charge in [-0.05, 0) is 36.2 Å². The minimum absolute atomic E-state index is 0.00238. The molecule has 19 heavy (non-hydrogen) atoms. The van der Waals surface area contributed by atoms with Crippen LogP contribution >= 0.6 is 11.6 Å². The van der Waals surface area contributed by atoms with Crippen molar-refractivity contribution in [3.05, 3.63) is 59.0 Å². The summed E-state index contributed by atoms with van der Waals surface area (Å²) in [6.45, 7) is 2.10. The van der Waals surface area contributed by atoms with Crippen molar-refractivity contribution in [3.8, 4) is 0 Å². The third-order valence-corrected chi connectivity index (χ3v) is 3.40. The number of nitrogens with one attached hydrogen (secondary N) is 1. The Hall–Kier alpha value is -1.29. The van der Waals surface area contributed by atoms with E-state index in [1.165, 1.54) is 0 Å². The zero-order valence-corrected chi connectivity index (χ0v) is 11.6. The van der Waals surface area contributed by atoms with E-state index in [-0.39, 0.29) is 18.7 Å². The lowest BCUT2D eigenvalue weighted by Crippen LogP contribution is -2.28. The van der Waals surface area contributed by atoms with E-state index in [4.69, 9.17) is 16.0 Å². The lowest BCUT2D eigenvalue weighted by Gasteiger charge is -2.23. The van der Waals surface area contributed by atoms with E-state index in [1.807, 2.05) is 36.4 Å². The van der Waals surface area contributed by atoms with Crippen LogP contribution in [0.4, 0.5) is 0 Å². The molecule has 0 radical (unpaired) electrons. The molecular formula is C15H18ClNO2. The van der Waals surface area contributed by atoms with Gasteiger partial charge in [-0.15, -0.1) is 0 Å². The van der Waals surface area contributed by atoms with Gasteiger partial charge in [0.2, 0.25) is 0 Å². The second-order valence-electron chi connectivity index (χ2n) is 4.43. The first-order chi connectivity index (χ1) is 9.24. The van der Waals surface area contributed by atoms with Gasteiger partial charge >= 0.3 is 0 Å². The highest BCUT2D eigenvalue weighted by molar-refractivity contribution is 6.30. The Morgan fingerprint density at radius 3 is 2.47 bits per heavy atom. The first kappa shape index (κ1) is 14.1. The van der Waals surface area contributed by atoms with Gasteiger partial charge in [-0.25, -0.2) is 0 Å². The molecule has 2 N–H and O–H groups in total. The molecule has 3 nitrogen and oxygen atoms in total. The second kappa shape index (κ2) is 6.75. The Balaban J connectivity index is 2.11. The maximum absolute atomic E-state index is 9.49. The first-order valence-electron chi connectivity index (χ1n) is 6.40. The van der Waals surface area contributed by atoms with Gasteiger partial charge in [-0.2, -0.15) is 0 Å². The Labute approximate surface area is 118 Å². The average molecular weight is 280 g/mol. The van der Waals surface area contributed by atoms with Crippen molar-refractivity contribution in [3.63, 3.8) is 0 Å². The molecule has 2 aromatic rings. The standard InChI is InChI=1S/C15H18ClNO2/c1-2-13(11-5-7-12(16)8-6-11)17-14(10-18)15-4-3-9-19-15/h3-9,13-14,17-18H,2,10H2,1H3. The molecule has 0 saturated carbocycles. The number of halogens is 1. The van der Waals surface area contributed by atoms with Crippen LogP contribution in [0.1, 0.15) is 36.8 Å². The van der Waals surface area contributed by atoms with Gasteiger partial charge < -0.3 is 9.52 Å². The van der Waals surface area contributed by atoms with Crippen molar-refractivity contribution in [1.29, 1.82) is 0 Å². The third kappa shape index (κ3) is 3.60. The lowest BCUT2D eigenvalue weighted by atomic mass is 10.0. The highest BCUT2D eigenvalue weighted by Gasteiger charge is 2.18. The molecule has 4 heteroatoms. The number of rotatable bonds is 6. The fraction of sp³-hybridized carbons (Fsp3) is 0.333. The maximum Gasteiger partial charge on any atom is 0.123 e. The summed E-state index contributed by atoms with van der Waals surface area (Å²) in [4.78, 5) is 0. The van der Waals surface area contributed by atoms with E-state index in [2.05, 4.69) is 12.2 Å². The van der Waals surface area contributed by atoms with Crippen molar-refractivity contribution in [1.82, 2.24) is 5.32 Å². The van der Waals surface area contributed by atoms with Gasteiger partial charge in [0.1, 0.15) is 5.76 Å². The van der Waals surface area contributed by atoms with E-state index < -0.39 is 0 Å². The van der Waals surface area contributed by atoms with E-state index in [0.717, 1.165) is 22.8 Å². The van der Waals surface area contributed by atoms with Crippen LogP contribution in [0.25, 0.3) is 0 Å². The quantitative estimate of drug-likeness (QED) is 0.847. The fourth-order valence-corrected chi connectivity index (χ4v) is 2.23. The van der Waals surface area contributed by atoms with Crippen LogP contribution in [-0.2, 0) is 0 Å². The highest BCUT2D eigenvalue weighted by Crippen LogP contribution is 2.23. The number of hydrogen-bond donors (Lipinski definition) is 2. The maximum atomic E-state index is 9.49. The third-order valence-electron chi connectivity index (χ3n) is 3.15. The van der Waals surface area contributed by atoms with E-state index in [9.17, 15) is 5.11 Å². The molecule has 102 valence electrons. The van der Waals surface area contributed by atoms with Crippen LogP contribution in [0.3, 0.4) is 0 Å². The summed E-state index contributed by atoms with van der Waals surface area (Å²) in [6, 6.07) is 11.4. The minimum atomic E-state index is -0.198. The predicted octanol–water partition coefficient (Wildman–Crippen LogP) is 3.71. The smallest absolute Gasteiger partial charge is 0.123 e. The van der Waals surface area contributed by atoms with Gasteiger partial charge in [0, 0.05) is 11.1 Å². The molecule has 2 unspecified atom stereocenters. The minimum Gasteiger partial charge on any atom is -0.468 e. The summed E-state index contributed by atoms with van der Waals surface area (Å²) in [5.74, 6) is 0.745. The van der Waals surface area contributed by atoms with Crippen LogP contribution in [-0.4, -0.2) is 11.7 Å². The molecule has 0 spiro atoms. The summed E-state index contributed by atoms with van der Waals surface area (Å²) < 4.78 is 5.34. The molecule has 0 aliphatic heterocycles. The molecule has 1 aromatic heterocycles. The zero-order chi connectivity index (χ0) is 13.7. The van der Waals surface area contributed by atoms with Gasteiger partial charge in [0.05, 0.1) is 18.9 Å². The van der Waals surface area contributed by atoms with Crippen LogP contribution in [0.5, 0.6) is 0 Å². The second-order valence-corrected chi connectivity index (χ2v) is 4.87. The van der Waals surface area contributed by atoms with Crippen LogP contribution in [0, 0.1) is 0 Å². The van der Waals surface area contributed by atoms with Gasteiger partial charge in [0.15, 0.2) is 0 Å². The molecule has 0 bridgehead atoms. The first-order valence-corrected chi connectivity index (χ1v) is 6.78. The molecule has 0 amide bonds. The Kier molecular flexibility index (Phi) is 5.02. The SMILES string of the molecule is CCC(NC(CO)c1ccco1)c1ccc(Cl)cc1. The van der Waals surface area contributed by atoms with E-state index >= 15 is 0 Å². The van der Waals surface area contributed by atoms with Gasteiger partial charge in [-0.3, -0.25) is 5.32 Å². The highest BCUT2D eigenvalue weighted by atomic mass is 35.5. The van der Waals surface area contributed by atoms with Gasteiger partial charge in [0.25, 0.3) is 0 Å². The summed E-state index contributed by atoms with van der Waals surface area (Å²) in [7, 11) is 0. The molecule has 2 atom stereocenters. The van der Waals surface area contributed by atoms with Crippen LogP contribution < -0.4 is 5.32 Å². The molecule has 0 saturated heterocycles. The van der Waals surface area contributed by atoms with Crippen molar-refractivity contribution in [2.24, 2.45) is 0 Å². The largest absolute Gasteiger partial charge is 0.468 e. The Morgan fingerprint density at radius 2 is 1.95 bits per heavy atom. The number of benzene rings is 1. The topological polar surface area (TPSA) is 45.4 Å². The number of aliphatic hydroxyl groups excluding tert-OH is 1. The van der Waals surface area contributed by atoms with Crippen LogP contribution in [0.15, 0.2) is 47.1 Å². The molecule has 0 fully saturated rings. The molecule has 1 aromatic carbocycles.